The van der Waals surface area contributed by atoms with Crippen LogP contribution in [0.5, 0.6) is 0 Å². The number of carbonyl (C=O) groups is 2. The summed E-state index contributed by atoms with van der Waals surface area (Å²) >= 11 is 1.45. The van der Waals surface area contributed by atoms with Crippen LogP contribution in [-0.4, -0.2) is 52.8 Å². The largest absolute Gasteiger partial charge is 0.462 e. The summed E-state index contributed by atoms with van der Waals surface area (Å²) < 4.78 is 5.37. The molecule has 3 heterocycles. The van der Waals surface area contributed by atoms with E-state index < -0.39 is 0 Å². The zero-order valence-corrected chi connectivity index (χ0v) is 15.7. The molecule has 2 amide bonds. The fourth-order valence-electron chi connectivity index (χ4n) is 3.13. The highest BCUT2D eigenvalue weighted by atomic mass is 32.1. The number of aromatic nitrogens is 1. The van der Waals surface area contributed by atoms with Crippen molar-refractivity contribution in [3.8, 4) is 10.8 Å². The Kier molecular flexibility index (Phi) is 4.77. The van der Waals surface area contributed by atoms with Gasteiger partial charge in [0.15, 0.2) is 10.8 Å². The molecule has 0 spiro atoms. The van der Waals surface area contributed by atoms with E-state index in [0.717, 1.165) is 4.88 Å². The Morgan fingerprint density at radius 3 is 2.26 bits per heavy atom. The van der Waals surface area contributed by atoms with E-state index >= 15 is 0 Å². The smallest absolute Gasteiger partial charge is 0.273 e. The Morgan fingerprint density at radius 1 is 0.963 bits per heavy atom. The highest BCUT2D eigenvalue weighted by Crippen LogP contribution is 2.28. The van der Waals surface area contributed by atoms with Crippen LogP contribution >= 0.6 is 11.3 Å². The third-order valence-electron chi connectivity index (χ3n) is 4.61. The van der Waals surface area contributed by atoms with E-state index in [1.54, 1.807) is 22.1 Å². The molecule has 0 radical (unpaired) electrons. The number of hydrogen-bond acceptors (Lipinski definition) is 5. The van der Waals surface area contributed by atoms with E-state index in [1.165, 1.54) is 11.3 Å². The van der Waals surface area contributed by atoms with Crippen molar-refractivity contribution in [2.75, 3.05) is 26.2 Å². The number of hydrogen-bond donors (Lipinski definition) is 0. The van der Waals surface area contributed by atoms with Crippen LogP contribution in [0.1, 0.15) is 25.7 Å². The minimum atomic E-state index is -0.0895. The molecular weight excluding hydrogens is 362 g/mol. The number of benzene rings is 1. The maximum Gasteiger partial charge on any atom is 0.273 e. The lowest BCUT2D eigenvalue weighted by atomic mass is 10.2. The predicted molar refractivity (Wildman–Crippen MR) is 103 cm³/mol. The van der Waals surface area contributed by atoms with Crippen LogP contribution < -0.4 is 0 Å². The first kappa shape index (κ1) is 17.5. The van der Waals surface area contributed by atoms with E-state index in [0.29, 0.717) is 48.2 Å². The highest BCUT2D eigenvalue weighted by molar-refractivity contribution is 7.15. The van der Waals surface area contributed by atoms with Gasteiger partial charge in [0.05, 0.1) is 6.26 Å². The van der Waals surface area contributed by atoms with Gasteiger partial charge in [0, 0.05) is 36.6 Å². The Hall–Kier alpha value is -2.93. The molecule has 0 N–H and O–H groups in total. The monoisotopic (exact) mass is 381 g/mol. The van der Waals surface area contributed by atoms with Gasteiger partial charge in [-0.2, -0.15) is 0 Å². The summed E-state index contributed by atoms with van der Waals surface area (Å²) in [7, 11) is 0. The van der Waals surface area contributed by atoms with Crippen molar-refractivity contribution >= 4 is 23.2 Å². The molecule has 1 saturated heterocycles. The van der Waals surface area contributed by atoms with Crippen molar-refractivity contribution in [1.29, 1.82) is 0 Å². The number of aryl methyl sites for hydroxylation is 1. The molecule has 1 fully saturated rings. The Balaban J connectivity index is 1.43. The maximum absolute atomic E-state index is 12.9. The van der Waals surface area contributed by atoms with Gasteiger partial charge < -0.3 is 14.2 Å². The molecule has 0 atom stereocenters. The van der Waals surface area contributed by atoms with Crippen LogP contribution in [0.25, 0.3) is 10.8 Å². The number of amides is 2. The second kappa shape index (κ2) is 7.36. The molecule has 1 aromatic carbocycles. The lowest BCUT2D eigenvalue weighted by Crippen LogP contribution is -2.50. The van der Waals surface area contributed by atoms with Crippen molar-refractivity contribution in [1.82, 2.24) is 14.8 Å². The van der Waals surface area contributed by atoms with Gasteiger partial charge in [-0.05, 0) is 31.2 Å². The first-order chi connectivity index (χ1) is 13.1. The fraction of sp³-hybridized carbons (Fsp3) is 0.250. The summed E-state index contributed by atoms with van der Waals surface area (Å²) in [6.07, 6.45) is 1.59. The average molecular weight is 381 g/mol. The van der Waals surface area contributed by atoms with Crippen LogP contribution in [0, 0.1) is 6.92 Å². The van der Waals surface area contributed by atoms with Gasteiger partial charge in [-0.15, -0.1) is 11.3 Å². The molecule has 27 heavy (non-hydrogen) atoms. The molecule has 1 aliphatic heterocycles. The van der Waals surface area contributed by atoms with Crippen molar-refractivity contribution in [2.24, 2.45) is 0 Å². The van der Waals surface area contributed by atoms with Gasteiger partial charge in [-0.3, -0.25) is 9.59 Å². The number of thiazole rings is 1. The van der Waals surface area contributed by atoms with Gasteiger partial charge in [0.25, 0.3) is 11.8 Å². The lowest BCUT2D eigenvalue weighted by molar-refractivity contribution is 0.0532. The SMILES string of the molecule is Cc1sc(-c2ccco2)nc1C(=O)N1CCN(C(=O)c2ccccc2)CC1. The molecule has 6 nitrogen and oxygen atoms in total. The Morgan fingerprint density at radius 2 is 1.63 bits per heavy atom. The minimum absolute atomic E-state index is 0.00708. The molecule has 2 aromatic heterocycles. The van der Waals surface area contributed by atoms with Crippen LogP contribution in [0.3, 0.4) is 0 Å². The molecule has 0 unspecified atom stereocenters. The topological polar surface area (TPSA) is 66.7 Å². The third-order valence-corrected chi connectivity index (χ3v) is 5.59. The summed E-state index contributed by atoms with van der Waals surface area (Å²) in [6, 6.07) is 12.9. The molecule has 7 heteroatoms. The quantitative estimate of drug-likeness (QED) is 0.698. The van der Waals surface area contributed by atoms with Crippen molar-refractivity contribution in [3.63, 3.8) is 0 Å². The second-order valence-electron chi connectivity index (χ2n) is 6.35. The zero-order chi connectivity index (χ0) is 18.8. The highest BCUT2D eigenvalue weighted by Gasteiger charge is 2.28. The van der Waals surface area contributed by atoms with Crippen LogP contribution in [-0.2, 0) is 0 Å². The van der Waals surface area contributed by atoms with Crippen LogP contribution in [0.15, 0.2) is 53.1 Å². The van der Waals surface area contributed by atoms with E-state index in [4.69, 9.17) is 4.42 Å². The summed E-state index contributed by atoms with van der Waals surface area (Å²) in [6.45, 7) is 3.95. The fourth-order valence-corrected chi connectivity index (χ4v) is 4.00. The predicted octanol–water partition coefficient (Wildman–Crippen LogP) is 3.31. The lowest BCUT2D eigenvalue weighted by Gasteiger charge is -2.34. The average Bonchev–Trinajstić information content (AvgIpc) is 3.37. The summed E-state index contributed by atoms with van der Waals surface area (Å²) in [5.74, 6) is 0.585. The van der Waals surface area contributed by atoms with E-state index in [1.807, 2.05) is 43.3 Å². The Bertz CT molecular complexity index is 942. The van der Waals surface area contributed by atoms with Crippen molar-refractivity contribution in [3.05, 3.63) is 64.9 Å². The summed E-state index contributed by atoms with van der Waals surface area (Å²) in [5, 5.41) is 0.707. The molecule has 1 aliphatic rings. The second-order valence-corrected chi connectivity index (χ2v) is 7.55. The van der Waals surface area contributed by atoms with Gasteiger partial charge >= 0.3 is 0 Å². The number of rotatable bonds is 3. The molecule has 0 aliphatic carbocycles. The number of piperazine rings is 1. The molecular formula is C20H19N3O3S. The molecule has 4 rings (SSSR count). The van der Waals surface area contributed by atoms with Gasteiger partial charge in [-0.1, -0.05) is 18.2 Å². The zero-order valence-electron chi connectivity index (χ0n) is 14.9. The van der Waals surface area contributed by atoms with Gasteiger partial charge in [0.2, 0.25) is 0 Å². The first-order valence-electron chi connectivity index (χ1n) is 8.78. The summed E-state index contributed by atoms with van der Waals surface area (Å²) in [4.78, 5) is 34.3. The van der Waals surface area contributed by atoms with E-state index in [2.05, 4.69) is 4.98 Å². The van der Waals surface area contributed by atoms with Crippen molar-refractivity contribution < 1.29 is 14.0 Å². The first-order valence-corrected chi connectivity index (χ1v) is 9.60. The maximum atomic E-state index is 12.9. The molecule has 138 valence electrons. The minimum Gasteiger partial charge on any atom is -0.462 e. The summed E-state index contributed by atoms with van der Waals surface area (Å²) in [5.41, 5.74) is 1.14. The van der Waals surface area contributed by atoms with E-state index in [-0.39, 0.29) is 11.8 Å². The standard InChI is InChI=1S/C20H19N3O3S/c1-14-17(21-18(27-14)16-8-5-13-26-16)20(25)23-11-9-22(10-12-23)19(24)15-6-3-2-4-7-15/h2-8,13H,9-12H2,1H3. The van der Waals surface area contributed by atoms with Crippen molar-refractivity contribution in [2.45, 2.75) is 6.92 Å². The van der Waals surface area contributed by atoms with Gasteiger partial charge in [0.1, 0.15) is 5.69 Å². The number of carbonyl (C=O) groups excluding carboxylic acids is 2. The number of nitrogens with zero attached hydrogens (tertiary/aromatic N) is 3. The molecule has 0 saturated carbocycles. The Labute approximate surface area is 161 Å². The molecule has 3 aromatic rings. The van der Waals surface area contributed by atoms with Gasteiger partial charge in [-0.25, -0.2) is 4.98 Å². The third kappa shape index (κ3) is 3.50. The normalized spacial score (nSPS) is 14.4. The number of furan rings is 1. The van der Waals surface area contributed by atoms with Crippen LogP contribution in [0.4, 0.5) is 0 Å². The van der Waals surface area contributed by atoms with Crippen LogP contribution in [0.2, 0.25) is 0 Å². The molecule has 0 bridgehead atoms. The van der Waals surface area contributed by atoms with E-state index in [9.17, 15) is 9.59 Å².